The third-order valence-electron chi connectivity index (χ3n) is 3.94. The van der Waals surface area contributed by atoms with E-state index in [1.807, 2.05) is 24.3 Å². The van der Waals surface area contributed by atoms with E-state index in [1.165, 1.54) is 0 Å². The number of amides is 1. The summed E-state index contributed by atoms with van der Waals surface area (Å²) in [5.74, 6) is 0.867. The molecular weight excluding hydrogens is 280 g/mol. The number of ether oxygens (including phenoxy) is 1. The zero-order valence-electron chi connectivity index (χ0n) is 13.3. The van der Waals surface area contributed by atoms with Crippen molar-refractivity contribution in [1.82, 2.24) is 10.2 Å². The maximum Gasteiger partial charge on any atom is 0.234 e. The predicted molar refractivity (Wildman–Crippen MR) is 85.8 cm³/mol. The standard InChI is InChI=1S/C17H26N2O3/c1-2-10-22-16-7-5-14(6-8-16)11-18-17(21)12-19-9-3-4-15(19)13-20/h5-8,15,20H,2-4,9-13H2,1H3,(H,18,21)/t15-/m1/s1. The second kappa shape index (κ2) is 8.76. The molecule has 1 fully saturated rings. The van der Waals surface area contributed by atoms with Gasteiger partial charge in [0, 0.05) is 12.6 Å². The van der Waals surface area contributed by atoms with Crippen LogP contribution in [0.1, 0.15) is 31.7 Å². The van der Waals surface area contributed by atoms with E-state index in [9.17, 15) is 9.90 Å². The van der Waals surface area contributed by atoms with Gasteiger partial charge in [0.05, 0.1) is 19.8 Å². The zero-order valence-corrected chi connectivity index (χ0v) is 13.3. The topological polar surface area (TPSA) is 61.8 Å². The van der Waals surface area contributed by atoms with Crippen molar-refractivity contribution in [2.24, 2.45) is 0 Å². The lowest BCUT2D eigenvalue weighted by molar-refractivity contribution is -0.122. The van der Waals surface area contributed by atoms with E-state index in [1.54, 1.807) is 0 Å². The van der Waals surface area contributed by atoms with Gasteiger partial charge in [-0.15, -0.1) is 0 Å². The molecule has 0 saturated carbocycles. The van der Waals surface area contributed by atoms with Gasteiger partial charge in [0.1, 0.15) is 5.75 Å². The van der Waals surface area contributed by atoms with Gasteiger partial charge in [0.25, 0.3) is 0 Å². The van der Waals surface area contributed by atoms with Gasteiger partial charge in [-0.05, 0) is 43.5 Å². The van der Waals surface area contributed by atoms with Gasteiger partial charge >= 0.3 is 0 Å². The molecule has 5 heteroatoms. The highest BCUT2D eigenvalue weighted by molar-refractivity contribution is 5.78. The van der Waals surface area contributed by atoms with E-state index in [-0.39, 0.29) is 18.6 Å². The van der Waals surface area contributed by atoms with Crippen LogP contribution in [0.15, 0.2) is 24.3 Å². The molecule has 1 heterocycles. The summed E-state index contributed by atoms with van der Waals surface area (Å²) in [4.78, 5) is 14.0. The summed E-state index contributed by atoms with van der Waals surface area (Å²) >= 11 is 0. The van der Waals surface area contributed by atoms with Gasteiger partial charge in [-0.1, -0.05) is 19.1 Å². The molecule has 1 aliphatic heterocycles. The molecule has 5 nitrogen and oxygen atoms in total. The lowest BCUT2D eigenvalue weighted by Crippen LogP contribution is -2.40. The lowest BCUT2D eigenvalue weighted by atomic mass is 10.2. The average Bonchev–Trinajstić information content (AvgIpc) is 2.99. The number of likely N-dealkylation sites (tertiary alicyclic amines) is 1. The van der Waals surface area contributed by atoms with Gasteiger partial charge < -0.3 is 15.2 Å². The molecule has 0 aromatic heterocycles. The molecule has 1 atom stereocenters. The van der Waals surface area contributed by atoms with Gasteiger partial charge in [0.15, 0.2) is 0 Å². The number of aliphatic hydroxyl groups is 1. The molecule has 1 aliphatic rings. The third kappa shape index (κ3) is 5.00. The molecule has 0 bridgehead atoms. The maximum absolute atomic E-state index is 12.0. The Morgan fingerprint density at radius 1 is 1.41 bits per heavy atom. The fraction of sp³-hybridized carbons (Fsp3) is 0.588. The predicted octanol–water partition coefficient (Wildman–Crippen LogP) is 1.55. The molecule has 0 unspecified atom stereocenters. The van der Waals surface area contributed by atoms with Crippen LogP contribution < -0.4 is 10.1 Å². The van der Waals surface area contributed by atoms with Crippen molar-refractivity contribution in [2.45, 2.75) is 38.8 Å². The van der Waals surface area contributed by atoms with Crippen LogP contribution in [0.4, 0.5) is 0 Å². The normalized spacial score (nSPS) is 18.4. The maximum atomic E-state index is 12.0. The largest absolute Gasteiger partial charge is 0.494 e. The number of aliphatic hydroxyl groups excluding tert-OH is 1. The van der Waals surface area contributed by atoms with Crippen molar-refractivity contribution >= 4 is 5.91 Å². The second-order valence-electron chi connectivity index (χ2n) is 5.72. The molecule has 1 amide bonds. The van der Waals surface area contributed by atoms with Crippen molar-refractivity contribution in [1.29, 1.82) is 0 Å². The number of nitrogens with one attached hydrogen (secondary N) is 1. The van der Waals surface area contributed by atoms with Crippen molar-refractivity contribution in [3.05, 3.63) is 29.8 Å². The van der Waals surface area contributed by atoms with Gasteiger partial charge in [-0.2, -0.15) is 0 Å². The SMILES string of the molecule is CCCOc1ccc(CNC(=O)CN2CCC[C@@H]2CO)cc1. The highest BCUT2D eigenvalue weighted by Crippen LogP contribution is 2.16. The monoisotopic (exact) mass is 306 g/mol. The summed E-state index contributed by atoms with van der Waals surface area (Å²) in [6.45, 7) is 4.70. The van der Waals surface area contributed by atoms with Gasteiger partial charge in [0.2, 0.25) is 5.91 Å². The second-order valence-corrected chi connectivity index (χ2v) is 5.72. The highest BCUT2D eigenvalue weighted by atomic mass is 16.5. The molecule has 2 N–H and O–H groups in total. The minimum Gasteiger partial charge on any atom is -0.494 e. The summed E-state index contributed by atoms with van der Waals surface area (Å²) in [5, 5.41) is 12.2. The van der Waals surface area contributed by atoms with E-state index in [0.717, 1.165) is 43.7 Å². The Morgan fingerprint density at radius 3 is 2.86 bits per heavy atom. The van der Waals surface area contributed by atoms with Crippen LogP contribution in [0.3, 0.4) is 0 Å². The van der Waals surface area contributed by atoms with E-state index >= 15 is 0 Å². The quantitative estimate of drug-likeness (QED) is 0.765. The fourth-order valence-electron chi connectivity index (χ4n) is 2.67. The van der Waals surface area contributed by atoms with E-state index in [2.05, 4.69) is 17.1 Å². The first kappa shape index (κ1) is 16.8. The van der Waals surface area contributed by atoms with Crippen LogP contribution in [0.5, 0.6) is 5.75 Å². The minimum absolute atomic E-state index is 0.00617. The van der Waals surface area contributed by atoms with E-state index in [0.29, 0.717) is 13.1 Å². The van der Waals surface area contributed by atoms with Gasteiger partial charge in [-0.25, -0.2) is 0 Å². The third-order valence-corrected chi connectivity index (χ3v) is 3.94. The number of carbonyl (C=O) groups excluding carboxylic acids is 1. The average molecular weight is 306 g/mol. The summed E-state index contributed by atoms with van der Waals surface area (Å²) in [5.41, 5.74) is 1.05. The molecule has 1 aromatic rings. The molecule has 0 radical (unpaired) electrons. The number of rotatable bonds is 8. The van der Waals surface area contributed by atoms with Crippen molar-refractivity contribution in [3.8, 4) is 5.75 Å². The summed E-state index contributed by atoms with van der Waals surface area (Å²) in [6.07, 6.45) is 3.02. The van der Waals surface area contributed by atoms with Crippen molar-refractivity contribution in [2.75, 3.05) is 26.3 Å². The number of hydrogen-bond acceptors (Lipinski definition) is 4. The number of benzene rings is 1. The highest BCUT2D eigenvalue weighted by Gasteiger charge is 2.25. The Morgan fingerprint density at radius 2 is 2.18 bits per heavy atom. The van der Waals surface area contributed by atoms with Crippen LogP contribution in [0, 0.1) is 0 Å². The summed E-state index contributed by atoms with van der Waals surface area (Å²) < 4.78 is 5.53. The molecular formula is C17H26N2O3. The van der Waals surface area contributed by atoms with Gasteiger partial charge in [-0.3, -0.25) is 9.69 Å². The van der Waals surface area contributed by atoms with Crippen LogP contribution in [0.2, 0.25) is 0 Å². The molecule has 0 spiro atoms. The van der Waals surface area contributed by atoms with E-state index < -0.39 is 0 Å². The fourth-order valence-corrected chi connectivity index (χ4v) is 2.67. The summed E-state index contributed by atoms with van der Waals surface area (Å²) in [7, 11) is 0. The van der Waals surface area contributed by atoms with E-state index in [4.69, 9.17) is 4.74 Å². The Hall–Kier alpha value is -1.59. The van der Waals surface area contributed by atoms with Crippen LogP contribution in [-0.2, 0) is 11.3 Å². The smallest absolute Gasteiger partial charge is 0.234 e. The van der Waals surface area contributed by atoms with Crippen molar-refractivity contribution in [3.63, 3.8) is 0 Å². The molecule has 1 aromatic carbocycles. The Balaban J connectivity index is 1.73. The van der Waals surface area contributed by atoms with Crippen LogP contribution in [0.25, 0.3) is 0 Å². The number of carbonyl (C=O) groups is 1. The lowest BCUT2D eigenvalue weighted by Gasteiger charge is -2.21. The molecule has 22 heavy (non-hydrogen) atoms. The Bertz CT molecular complexity index is 461. The molecule has 0 aliphatic carbocycles. The van der Waals surface area contributed by atoms with Crippen LogP contribution >= 0.6 is 0 Å². The van der Waals surface area contributed by atoms with Crippen molar-refractivity contribution < 1.29 is 14.6 Å². The molecule has 1 saturated heterocycles. The Labute approximate surface area is 132 Å². The molecule has 122 valence electrons. The first-order chi connectivity index (χ1) is 10.7. The summed E-state index contributed by atoms with van der Waals surface area (Å²) in [6, 6.07) is 7.94. The van der Waals surface area contributed by atoms with Crippen LogP contribution in [-0.4, -0.2) is 48.3 Å². The molecule has 2 rings (SSSR count). The minimum atomic E-state index is 0.00617. The number of nitrogens with zero attached hydrogens (tertiary/aromatic N) is 1. The first-order valence-corrected chi connectivity index (χ1v) is 8.06. The zero-order chi connectivity index (χ0) is 15.8. The Kier molecular flexibility index (Phi) is 6.68. The first-order valence-electron chi connectivity index (χ1n) is 8.06. The number of hydrogen-bond donors (Lipinski definition) is 2.